The molecule has 0 saturated heterocycles. The molecule has 1 aliphatic heterocycles. The maximum atomic E-state index is 14.4. The van der Waals surface area contributed by atoms with Crippen molar-refractivity contribution in [2.45, 2.75) is 96.9 Å². The Morgan fingerprint density at radius 2 is 1.78 bits per heavy atom. The number of methoxy groups -OCH3 is 1. The van der Waals surface area contributed by atoms with E-state index in [0.717, 1.165) is 57.2 Å². The number of ether oxygens (including phenoxy) is 3. The highest BCUT2D eigenvalue weighted by Crippen LogP contribution is 2.30. The molecule has 1 aliphatic carbocycles. The van der Waals surface area contributed by atoms with Gasteiger partial charge in [-0.1, -0.05) is 38.3 Å². The molecule has 254 valence electrons. The third kappa shape index (κ3) is 10.2. The number of aliphatic hydroxyl groups excluding tert-OH is 1. The fraction of sp³-hybridized carbons (Fsp3) is 0.622. The molecule has 9 heteroatoms. The minimum absolute atomic E-state index is 0.000868. The lowest BCUT2D eigenvalue weighted by Crippen LogP contribution is -2.47. The molecule has 1 heterocycles. The number of nitrogens with one attached hydrogen (secondary N) is 1. The zero-order valence-corrected chi connectivity index (χ0v) is 28.5. The molecule has 2 aromatic carbocycles. The van der Waals surface area contributed by atoms with Crippen molar-refractivity contribution in [2.75, 3.05) is 45.8 Å². The number of fused-ring (bicyclic) bond motifs is 1. The van der Waals surface area contributed by atoms with Gasteiger partial charge < -0.3 is 29.5 Å². The van der Waals surface area contributed by atoms with Crippen molar-refractivity contribution < 1.29 is 28.9 Å². The lowest BCUT2D eigenvalue weighted by molar-refractivity contribution is -0.120. The Morgan fingerprint density at radius 3 is 2.48 bits per heavy atom. The fourth-order valence-electron chi connectivity index (χ4n) is 6.49. The summed E-state index contributed by atoms with van der Waals surface area (Å²) in [6.45, 7) is 8.29. The molecule has 0 radical (unpaired) electrons. The molecule has 2 N–H and O–H groups in total. The van der Waals surface area contributed by atoms with Gasteiger partial charge in [-0.05, 0) is 88.9 Å². The monoisotopic (exact) mass is 637 g/mol. The summed E-state index contributed by atoms with van der Waals surface area (Å²) >= 11 is 0. The van der Waals surface area contributed by atoms with Crippen LogP contribution in [0.1, 0.15) is 88.1 Å². The van der Waals surface area contributed by atoms with Crippen LogP contribution in [-0.2, 0) is 16.1 Å². The van der Waals surface area contributed by atoms with E-state index in [2.05, 4.69) is 36.3 Å². The van der Waals surface area contributed by atoms with Gasteiger partial charge in [0, 0.05) is 43.8 Å². The molecular formula is C37H55N3O6. The summed E-state index contributed by atoms with van der Waals surface area (Å²) < 4.78 is 18.2. The van der Waals surface area contributed by atoms with Crippen molar-refractivity contribution >= 4 is 17.5 Å². The zero-order chi connectivity index (χ0) is 33.1. The molecule has 4 atom stereocenters. The van der Waals surface area contributed by atoms with Crippen LogP contribution in [0.4, 0.5) is 5.69 Å². The number of anilines is 1. The van der Waals surface area contributed by atoms with E-state index in [1.807, 2.05) is 32.0 Å². The summed E-state index contributed by atoms with van der Waals surface area (Å²) in [4.78, 5) is 31.4. The lowest BCUT2D eigenvalue weighted by Gasteiger charge is -2.36. The predicted molar refractivity (Wildman–Crippen MR) is 181 cm³/mol. The highest BCUT2D eigenvalue weighted by molar-refractivity contribution is 6.00. The Bertz CT molecular complexity index is 1250. The molecule has 9 nitrogen and oxygen atoms in total. The average Bonchev–Trinajstić information content (AvgIpc) is 3.06. The second kappa shape index (κ2) is 17.7. The summed E-state index contributed by atoms with van der Waals surface area (Å²) in [6, 6.07) is 13.0. The Kier molecular flexibility index (Phi) is 13.7. The number of benzene rings is 2. The number of aliphatic hydroxyl groups is 1. The van der Waals surface area contributed by atoms with Gasteiger partial charge in [-0.3, -0.25) is 14.5 Å². The number of hydrogen-bond donors (Lipinski definition) is 2. The number of likely N-dealkylation sites (N-methyl/N-ethyl adjacent to an activating group) is 1. The van der Waals surface area contributed by atoms with Crippen molar-refractivity contribution in [3.05, 3.63) is 53.6 Å². The second-order valence-electron chi connectivity index (χ2n) is 13.4. The summed E-state index contributed by atoms with van der Waals surface area (Å²) in [7, 11) is 3.75. The Balaban J connectivity index is 1.57. The van der Waals surface area contributed by atoms with Gasteiger partial charge in [0.1, 0.15) is 11.5 Å². The zero-order valence-electron chi connectivity index (χ0n) is 28.5. The number of nitrogens with zero attached hydrogens (tertiary/aromatic N) is 2. The molecular weight excluding hydrogens is 582 g/mol. The normalized spacial score (nSPS) is 22.8. The highest BCUT2D eigenvalue weighted by Gasteiger charge is 2.31. The topological polar surface area (TPSA) is 101 Å². The summed E-state index contributed by atoms with van der Waals surface area (Å²) in [5.74, 6) is 1.09. The van der Waals surface area contributed by atoms with Crippen molar-refractivity contribution in [1.29, 1.82) is 0 Å². The van der Waals surface area contributed by atoms with Crippen LogP contribution < -0.4 is 14.8 Å². The van der Waals surface area contributed by atoms with Crippen LogP contribution in [0.25, 0.3) is 0 Å². The van der Waals surface area contributed by atoms with E-state index in [-0.39, 0.29) is 42.5 Å². The molecule has 1 fully saturated rings. The maximum Gasteiger partial charge on any atom is 0.258 e. The van der Waals surface area contributed by atoms with Gasteiger partial charge in [0.05, 0.1) is 37.5 Å². The van der Waals surface area contributed by atoms with Crippen LogP contribution in [0, 0.1) is 11.8 Å². The van der Waals surface area contributed by atoms with E-state index < -0.39 is 6.04 Å². The smallest absolute Gasteiger partial charge is 0.258 e. The van der Waals surface area contributed by atoms with Crippen LogP contribution >= 0.6 is 0 Å². The average molecular weight is 638 g/mol. The predicted octanol–water partition coefficient (Wildman–Crippen LogP) is 6.14. The van der Waals surface area contributed by atoms with Gasteiger partial charge >= 0.3 is 0 Å². The fourth-order valence-corrected chi connectivity index (χ4v) is 6.49. The number of carbonyl (C=O) groups excluding carboxylic acids is 2. The van der Waals surface area contributed by atoms with E-state index >= 15 is 0 Å². The lowest BCUT2D eigenvalue weighted by atomic mass is 9.88. The van der Waals surface area contributed by atoms with E-state index in [0.29, 0.717) is 36.7 Å². The minimum atomic E-state index is -0.425. The van der Waals surface area contributed by atoms with Gasteiger partial charge in [-0.2, -0.15) is 0 Å². The van der Waals surface area contributed by atoms with Gasteiger partial charge in [-0.25, -0.2) is 0 Å². The van der Waals surface area contributed by atoms with E-state index in [9.17, 15) is 14.7 Å². The Hall–Kier alpha value is -3.14. The Labute approximate surface area is 275 Å². The molecule has 2 amide bonds. The Morgan fingerprint density at radius 1 is 1.07 bits per heavy atom. The third-order valence-corrected chi connectivity index (χ3v) is 9.40. The molecule has 2 aliphatic rings. The summed E-state index contributed by atoms with van der Waals surface area (Å²) in [5.41, 5.74) is 2.16. The number of hydrogen-bond acceptors (Lipinski definition) is 7. The van der Waals surface area contributed by atoms with Crippen molar-refractivity contribution in [3.63, 3.8) is 0 Å². The molecule has 0 bridgehead atoms. The van der Waals surface area contributed by atoms with E-state index in [4.69, 9.17) is 14.2 Å². The molecule has 2 aromatic rings. The van der Waals surface area contributed by atoms with Crippen LogP contribution in [0.2, 0.25) is 0 Å². The highest BCUT2D eigenvalue weighted by atomic mass is 16.5. The van der Waals surface area contributed by atoms with Gasteiger partial charge in [0.15, 0.2) is 0 Å². The van der Waals surface area contributed by atoms with E-state index in [1.165, 1.54) is 12.0 Å². The molecule has 1 saturated carbocycles. The molecule has 0 spiro atoms. The first-order valence-corrected chi connectivity index (χ1v) is 17.1. The number of carbonyl (C=O) groups is 2. The van der Waals surface area contributed by atoms with Crippen LogP contribution in [0.5, 0.6) is 11.5 Å². The quantitative estimate of drug-likeness (QED) is 0.341. The largest absolute Gasteiger partial charge is 0.497 e. The molecule has 46 heavy (non-hydrogen) atoms. The van der Waals surface area contributed by atoms with Crippen molar-refractivity contribution in [2.24, 2.45) is 11.8 Å². The molecule has 0 unspecified atom stereocenters. The maximum absolute atomic E-state index is 14.4. The molecule has 0 aromatic heterocycles. The van der Waals surface area contributed by atoms with Crippen molar-refractivity contribution in [3.8, 4) is 11.5 Å². The first-order valence-electron chi connectivity index (χ1n) is 17.1. The summed E-state index contributed by atoms with van der Waals surface area (Å²) in [6.07, 6.45) is 7.56. The first-order chi connectivity index (χ1) is 22.2. The molecule has 4 rings (SSSR count). The second-order valence-corrected chi connectivity index (χ2v) is 13.4. The minimum Gasteiger partial charge on any atom is -0.497 e. The van der Waals surface area contributed by atoms with Crippen LogP contribution in [-0.4, -0.2) is 85.4 Å². The van der Waals surface area contributed by atoms with Crippen LogP contribution in [0.3, 0.4) is 0 Å². The third-order valence-electron chi connectivity index (χ3n) is 9.40. The first kappa shape index (κ1) is 35.7. The number of amides is 2. The van der Waals surface area contributed by atoms with Gasteiger partial charge in [0.2, 0.25) is 5.91 Å². The van der Waals surface area contributed by atoms with Crippen LogP contribution in [0.15, 0.2) is 42.5 Å². The van der Waals surface area contributed by atoms with Gasteiger partial charge in [0.25, 0.3) is 5.91 Å². The van der Waals surface area contributed by atoms with E-state index in [1.54, 1.807) is 24.1 Å². The standard InChI is InChI=1S/C37H55N3O6/c1-26-22-40(27(2)25-41)37(43)33-21-31(38-36(42)30-12-7-6-8-13-30)16-19-34(33)46-28(3)11-9-10-20-45-35(26)24-39(4)23-29-14-17-32(44-5)18-15-29/h14-19,21,26-28,30,35,41H,6-13,20,22-25H2,1-5H3,(H,38,42)/t26-,27-,28-,35-/m1/s1. The number of rotatable bonds is 9. The van der Waals surface area contributed by atoms with Gasteiger partial charge in [-0.15, -0.1) is 0 Å². The van der Waals surface area contributed by atoms with Crippen molar-refractivity contribution in [1.82, 2.24) is 9.80 Å². The summed E-state index contributed by atoms with van der Waals surface area (Å²) in [5, 5.41) is 13.3. The SMILES string of the molecule is COc1ccc(CN(C)C[C@H]2OCCCC[C@@H](C)Oc3ccc(NC(=O)C4CCCCC4)cc3C(=O)N([C@H](C)CO)C[C@H]2C)cc1.